The number of hydrogen-bond donors (Lipinski definition) is 2. The molecule has 0 radical (unpaired) electrons. The highest BCUT2D eigenvalue weighted by atomic mass is 32.1. The van der Waals surface area contributed by atoms with Gasteiger partial charge in [0.15, 0.2) is 5.13 Å². The Labute approximate surface area is 141 Å². The van der Waals surface area contributed by atoms with E-state index in [0.717, 1.165) is 26.6 Å². The van der Waals surface area contributed by atoms with Crippen LogP contribution in [0, 0.1) is 11.3 Å². The fraction of sp³-hybridized carbons (Fsp3) is 0.118. The zero-order chi connectivity index (χ0) is 16.5. The second-order valence-electron chi connectivity index (χ2n) is 5.11. The summed E-state index contributed by atoms with van der Waals surface area (Å²) in [6, 6.07) is 13.5. The number of benzene rings is 2. The molecule has 2 N–H and O–H groups in total. The number of rotatable bonds is 4. The molecule has 118 valence electrons. The molecule has 24 heavy (non-hydrogen) atoms. The predicted octanol–water partition coefficient (Wildman–Crippen LogP) is 4.19. The van der Waals surface area contributed by atoms with Gasteiger partial charge in [0.05, 0.1) is 27.9 Å². The first kappa shape index (κ1) is 14.5. The molecule has 2 aromatic carbocycles. The minimum Gasteiger partial charge on any atom is -0.494 e. The van der Waals surface area contributed by atoms with Crippen molar-refractivity contribution in [3.05, 3.63) is 42.0 Å². The number of imidazole rings is 1. The van der Waals surface area contributed by atoms with Crippen LogP contribution in [0.2, 0.25) is 0 Å². The van der Waals surface area contributed by atoms with Crippen LogP contribution >= 0.6 is 11.3 Å². The molecule has 0 spiro atoms. The summed E-state index contributed by atoms with van der Waals surface area (Å²) < 4.78 is 6.56. The minimum atomic E-state index is 0.544. The van der Waals surface area contributed by atoms with Crippen molar-refractivity contribution in [3.63, 3.8) is 0 Å². The van der Waals surface area contributed by atoms with Gasteiger partial charge in [-0.2, -0.15) is 5.26 Å². The third-order valence-electron chi connectivity index (χ3n) is 3.53. The van der Waals surface area contributed by atoms with E-state index < -0.39 is 0 Å². The molecule has 0 atom stereocenters. The van der Waals surface area contributed by atoms with Crippen molar-refractivity contribution in [2.75, 3.05) is 11.9 Å². The third kappa shape index (κ3) is 2.53. The number of nitriles is 1. The summed E-state index contributed by atoms with van der Waals surface area (Å²) in [4.78, 5) is 12.2. The van der Waals surface area contributed by atoms with Gasteiger partial charge in [0.1, 0.15) is 17.3 Å². The summed E-state index contributed by atoms with van der Waals surface area (Å²) in [6.07, 6.45) is 0. The lowest BCUT2D eigenvalue weighted by Crippen LogP contribution is -1.91. The lowest BCUT2D eigenvalue weighted by molar-refractivity contribution is 0.341. The van der Waals surface area contributed by atoms with Crippen molar-refractivity contribution >= 4 is 43.7 Å². The number of nitrogens with zero attached hydrogens (tertiary/aromatic N) is 3. The summed E-state index contributed by atoms with van der Waals surface area (Å²) >= 11 is 1.52. The van der Waals surface area contributed by atoms with Crippen LogP contribution in [0.3, 0.4) is 0 Å². The molecule has 2 aromatic heterocycles. The van der Waals surface area contributed by atoms with E-state index in [0.29, 0.717) is 23.6 Å². The Morgan fingerprint density at radius 1 is 1.29 bits per heavy atom. The molecular formula is C17H13N5OS. The van der Waals surface area contributed by atoms with Gasteiger partial charge in [-0.15, -0.1) is 0 Å². The number of nitrogens with one attached hydrogen (secondary N) is 2. The van der Waals surface area contributed by atoms with E-state index >= 15 is 0 Å². The van der Waals surface area contributed by atoms with E-state index in [4.69, 9.17) is 10.00 Å². The topological polar surface area (TPSA) is 86.6 Å². The number of para-hydroxylation sites is 1. The number of H-pyrrole nitrogens is 1. The maximum absolute atomic E-state index is 9.15. The summed E-state index contributed by atoms with van der Waals surface area (Å²) in [5.41, 5.74) is 2.92. The molecule has 4 aromatic rings. The summed E-state index contributed by atoms with van der Waals surface area (Å²) in [5.74, 6) is 1.40. The molecule has 0 bridgehead atoms. The second kappa shape index (κ2) is 5.83. The monoisotopic (exact) mass is 335 g/mol. The quantitative estimate of drug-likeness (QED) is 0.584. The Balaban J connectivity index is 1.67. The Kier molecular flexibility index (Phi) is 3.52. The van der Waals surface area contributed by atoms with E-state index in [1.165, 1.54) is 11.3 Å². The Morgan fingerprint density at radius 2 is 2.21 bits per heavy atom. The van der Waals surface area contributed by atoms with Gasteiger partial charge in [-0.1, -0.05) is 17.4 Å². The van der Waals surface area contributed by atoms with Crippen molar-refractivity contribution in [3.8, 4) is 11.8 Å². The number of aromatic amines is 1. The molecule has 0 aliphatic rings. The first-order valence-electron chi connectivity index (χ1n) is 7.46. The van der Waals surface area contributed by atoms with Crippen LogP contribution in [-0.4, -0.2) is 21.6 Å². The van der Waals surface area contributed by atoms with E-state index in [9.17, 15) is 0 Å². The average molecular weight is 335 g/mol. The predicted molar refractivity (Wildman–Crippen MR) is 94.9 cm³/mol. The highest BCUT2D eigenvalue weighted by Crippen LogP contribution is 2.31. The van der Waals surface area contributed by atoms with Crippen LogP contribution in [0.4, 0.5) is 11.1 Å². The van der Waals surface area contributed by atoms with Crippen LogP contribution in [-0.2, 0) is 0 Å². The highest BCUT2D eigenvalue weighted by molar-refractivity contribution is 7.22. The molecule has 0 fully saturated rings. The molecule has 2 heterocycles. The standard InChI is InChI=1S/C17H13N5OS/c1-2-23-11-6-7-12-14(8-11)24-17(20-12)22-16-19-13-5-3-4-10(9-18)15(13)21-16/h3-8H,2H2,1H3,(H2,19,20,21,22). The Hall–Kier alpha value is -3.11. The summed E-state index contributed by atoms with van der Waals surface area (Å²) in [7, 11) is 0. The molecule has 0 aliphatic heterocycles. The highest BCUT2D eigenvalue weighted by Gasteiger charge is 2.10. The molecule has 0 aliphatic carbocycles. The molecule has 4 rings (SSSR count). The van der Waals surface area contributed by atoms with Gasteiger partial charge in [0.2, 0.25) is 5.95 Å². The number of hydrogen-bond acceptors (Lipinski definition) is 6. The maximum atomic E-state index is 9.15. The van der Waals surface area contributed by atoms with Crippen molar-refractivity contribution < 1.29 is 4.74 Å². The van der Waals surface area contributed by atoms with Crippen LogP contribution in [0.1, 0.15) is 12.5 Å². The van der Waals surface area contributed by atoms with Crippen molar-refractivity contribution in [2.45, 2.75) is 6.92 Å². The van der Waals surface area contributed by atoms with Gasteiger partial charge in [-0.25, -0.2) is 9.97 Å². The van der Waals surface area contributed by atoms with Gasteiger partial charge >= 0.3 is 0 Å². The van der Waals surface area contributed by atoms with Crippen molar-refractivity contribution in [1.82, 2.24) is 15.0 Å². The SMILES string of the molecule is CCOc1ccc2nc(Nc3nc4c(C#N)cccc4[nH]3)sc2c1. The number of aromatic nitrogens is 3. The molecule has 0 saturated heterocycles. The van der Waals surface area contributed by atoms with Crippen molar-refractivity contribution in [1.29, 1.82) is 5.26 Å². The Bertz CT molecular complexity index is 1080. The fourth-order valence-electron chi connectivity index (χ4n) is 2.50. The van der Waals surface area contributed by atoms with Gasteiger partial charge in [-0.05, 0) is 37.3 Å². The molecule has 0 saturated carbocycles. The average Bonchev–Trinajstić information content (AvgIpc) is 3.17. The van der Waals surface area contributed by atoms with Gasteiger partial charge in [0, 0.05) is 0 Å². The maximum Gasteiger partial charge on any atom is 0.207 e. The number of ether oxygens (including phenoxy) is 1. The lowest BCUT2D eigenvalue weighted by atomic mass is 10.2. The fourth-order valence-corrected chi connectivity index (χ4v) is 3.39. The van der Waals surface area contributed by atoms with Crippen LogP contribution in [0.15, 0.2) is 36.4 Å². The second-order valence-corrected chi connectivity index (χ2v) is 6.14. The molecule has 0 amide bonds. The normalized spacial score (nSPS) is 10.8. The van der Waals surface area contributed by atoms with Crippen molar-refractivity contribution in [2.24, 2.45) is 0 Å². The van der Waals surface area contributed by atoms with E-state index in [2.05, 4.69) is 26.3 Å². The van der Waals surface area contributed by atoms with Gasteiger partial charge in [0.25, 0.3) is 0 Å². The van der Waals surface area contributed by atoms with Crippen LogP contribution in [0.5, 0.6) is 5.75 Å². The number of anilines is 2. The number of thiazole rings is 1. The lowest BCUT2D eigenvalue weighted by Gasteiger charge is -2.00. The molecule has 6 nitrogen and oxygen atoms in total. The van der Waals surface area contributed by atoms with Gasteiger partial charge in [-0.3, -0.25) is 0 Å². The third-order valence-corrected chi connectivity index (χ3v) is 4.46. The first-order valence-corrected chi connectivity index (χ1v) is 8.27. The van der Waals surface area contributed by atoms with E-state index in [1.54, 1.807) is 6.07 Å². The first-order chi connectivity index (χ1) is 11.8. The van der Waals surface area contributed by atoms with Gasteiger partial charge < -0.3 is 15.0 Å². The number of fused-ring (bicyclic) bond motifs is 2. The van der Waals surface area contributed by atoms with Crippen LogP contribution < -0.4 is 10.1 Å². The summed E-state index contributed by atoms with van der Waals surface area (Å²) in [6.45, 7) is 2.59. The minimum absolute atomic E-state index is 0.544. The molecule has 0 unspecified atom stereocenters. The molecule has 7 heteroatoms. The Morgan fingerprint density at radius 3 is 3.04 bits per heavy atom. The van der Waals surface area contributed by atoms with E-state index in [1.807, 2.05) is 37.3 Å². The molecular weight excluding hydrogens is 322 g/mol. The largest absolute Gasteiger partial charge is 0.494 e. The smallest absolute Gasteiger partial charge is 0.207 e. The van der Waals surface area contributed by atoms with E-state index in [-0.39, 0.29) is 0 Å². The summed E-state index contributed by atoms with van der Waals surface area (Å²) in [5, 5.41) is 13.1. The van der Waals surface area contributed by atoms with Crippen LogP contribution in [0.25, 0.3) is 21.3 Å². The zero-order valence-electron chi connectivity index (χ0n) is 12.8. The zero-order valence-corrected chi connectivity index (χ0v) is 13.6.